The molecule has 11 rings (SSSR count). The van der Waals surface area contributed by atoms with E-state index >= 15 is 0 Å². The summed E-state index contributed by atoms with van der Waals surface area (Å²) in [6.45, 7) is 41.0. The van der Waals surface area contributed by atoms with Gasteiger partial charge in [0.05, 0.1) is 5.69 Å². The number of nitrogens with zero attached hydrogens (tertiary/aromatic N) is 2. The summed E-state index contributed by atoms with van der Waals surface area (Å²) in [6, 6.07) is 53.5. The van der Waals surface area contributed by atoms with Gasteiger partial charge < -0.3 is 9.80 Å². The van der Waals surface area contributed by atoms with E-state index in [-0.39, 0.29) is 44.6 Å². The zero-order valence-electron chi connectivity index (χ0n) is 47.5. The van der Waals surface area contributed by atoms with E-state index in [1.54, 1.807) is 0 Å². The lowest BCUT2D eigenvalue weighted by molar-refractivity contribution is 0.332. The molecule has 0 N–H and O–H groups in total. The third-order valence-corrected chi connectivity index (χ3v) is 18.7. The molecule has 73 heavy (non-hydrogen) atoms. The average molecular weight is 961 g/mol. The van der Waals surface area contributed by atoms with Crippen LogP contribution in [0.5, 0.6) is 0 Å². The molecule has 0 aromatic heterocycles. The Bertz CT molecular complexity index is 3350. The van der Waals surface area contributed by atoms with E-state index in [1.807, 2.05) is 0 Å². The number of aryl methyl sites for hydroxylation is 1. The van der Waals surface area contributed by atoms with Gasteiger partial charge in [0.1, 0.15) is 0 Å². The van der Waals surface area contributed by atoms with Gasteiger partial charge in [0, 0.05) is 39.4 Å². The average Bonchev–Trinajstić information content (AvgIpc) is 3.33. The molecule has 0 saturated carbocycles. The van der Waals surface area contributed by atoms with Crippen LogP contribution >= 0.6 is 0 Å². The minimum atomic E-state index is -0.244. The van der Waals surface area contributed by atoms with Gasteiger partial charge in [0.15, 0.2) is 0 Å². The van der Waals surface area contributed by atoms with E-state index in [1.165, 1.54) is 137 Å². The lowest BCUT2D eigenvalue weighted by atomic mass is 9.33. The van der Waals surface area contributed by atoms with E-state index in [4.69, 9.17) is 0 Å². The molecule has 0 amide bonds. The van der Waals surface area contributed by atoms with Crippen LogP contribution in [-0.2, 0) is 37.9 Å². The maximum atomic E-state index is 2.71. The van der Waals surface area contributed by atoms with Gasteiger partial charge >= 0.3 is 0 Å². The standard InChI is InChI=1S/C70H81BN2/c1-44-37-61-63-62(38-44)73(58-32-28-48(65(5,6)7)39-51(58)45-23-25-46(26-24-45)64(2,3)4)59-40-49(70(16,17)47-21-19-18-20-22-47)27-31-56(59)71(63)57-42-54-55(69(14,15)36-35-68(54,12)13)43-60(57)72(61)50-29-30-52-53(41-50)67(10,11)34-33-66(52,8)9/h18-32,37-43H,33-36H2,1-17H3. The molecular formula is C70H81BN2. The van der Waals surface area contributed by atoms with Crippen LogP contribution in [0.1, 0.15) is 187 Å². The highest BCUT2D eigenvalue weighted by Crippen LogP contribution is 2.54. The molecule has 3 heteroatoms. The number of hydrogen-bond donors (Lipinski definition) is 0. The van der Waals surface area contributed by atoms with Gasteiger partial charge in [0.2, 0.25) is 0 Å². The van der Waals surface area contributed by atoms with Crippen LogP contribution in [-0.4, -0.2) is 6.71 Å². The molecule has 2 aliphatic heterocycles. The van der Waals surface area contributed by atoms with Crippen molar-refractivity contribution in [1.29, 1.82) is 0 Å². The summed E-state index contributed by atoms with van der Waals surface area (Å²) in [5.41, 5.74) is 26.9. The van der Waals surface area contributed by atoms with Crippen molar-refractivity contribution in [1.82, 2.24) is 0 Å². The second-order valence-electron chi connectivity index (χ2n) is 28.1. The molecule has 7 aromatic carbocycles. The Balaban J connectivity index is 1.26. The molecule has 7 aromatic rings. The first-order valence-electron chi connectivity index (χ1n) is 27.6. The van der Waals surface area contributed by atoms with E-state index in [9.17, 15) is 0 Å². The van der Waals surface area contributed by atoms with Crippen LogP contribution in [0, 0.1) is 6.92 Å². The fourth-order valence-electron chi connectivity index (χ4n) is 13.4. The summed E-state index contributed by atoms with van der Waals surface area (Å²) < 4.78 is 0. The van der Waals surface area contributed by atoms with Crippen molar-refractivity contribution in [2.75, 3.05) is 9.80 Å². The highest BCUT2D eigenvalue weighted by molar-refractivity contribution is 7.00. The number of fused-ring (bicyclic) bond motifs is 6. The van der Waals surface area contributed by atoms with Crippen molar-refractivity contribution in [2.24, 2.45) is 0 Å². The molecule has 0 radical (unpaired) electrons. The molecule has 2 heterocycles. The fraction of sp³-hybridized carbons (Fsp3) is 0.400. The fourth-order valence-corrected chi connectivity index (χ4v) is 13.4. The Kier molecular flexibility index (Phi) is 11.1. The third kappa shape index (κ3) is 7.96. The molecule has 4 aliphatic rings. The largest absolute Gasteiger partial charge is 0.311 e. The van der Waals surface area contributed by atoms with Crippen molar-refractivity contribution in [2.45, 2.75) is 181 Å². The predicted molar refractivity (Wildman–Crippen MR) is 317 cm³/mol. The smallest absolute Gasteiger partial charge is 0.252 e. The zero-order valence-corrected chi connectivity index (χ0v) is 47.5. The van der Waals surface area contributed by atoms with Gasteiger partial charge in [-0.1, -0.05) is 196 Å². The summed E-state index contributed by atoms with van der Waals surface area (Å²) in [5, 5.41) is 0. The Morgan fingerprint density at radius 1 is 0.397 bits per heavy atom. The molecule has 2 nitrogen and oxygen atoms in total. The van der Waals surface area contributed by atoms with Gasteiger partial charge in [-0.25, -0.2) is 0 Å². The summed E-state index contributed by atoms with van der Waals surface area (Å²) in [7, 11) is 0. The first-order valence-corrected chi connectivity index (χ1v) is 27.6. The van der Waals surface area contributed by atoms with Crippen LogP contribution in [0.2, 0.25) is 0 Å². The van der Waals surface area contributed by atoms with Gasteiger partial charge in [-0.15, -0.1) is 0 Å². The first kappa shape index (κ1) is 49.4. The molecule has 2 aliphatic carbocycles. The van der Waals surface area contributed by atoms with E-state index in [0.717, 1.165) is 0 Å². The third-order valence-electron chi connectivity index (χ3n) is 18.7. The minimum Gasteiger partial charge on any atom is -0.311 e. The number of hydrogen-bond acceptors (Lipinski definition) is 2. The Labute approximate surface area is 440 Å². The first-order chi connectivity index (χ1) is 34.1. The van der Waals surface area contributed by atoms with Crippen molar-refractivity contribution < 1.29 is 0 Å². The normalized spacial score (nSPS) is 18.1. The van der Waals surface area contributed by atoms with Crippen LogP contribution in [0.4, 0.5) is 34.1 Å². The van der Waals surface area contributed by atoms with E-state index in [0.29, 0.717) is 0 Å². The monoisotopic (exact) mass is 961 g/mol. The molecule has 0 atom stereocenters. The van der Waals surface area contributed by atoms with E-state index in [2.05, 4.69) is 261 Å². The predicted octanol–water partition coefficient (Wildman–Crippen LogP) is 17.4. The number of benzene rings is 7. The molecule has 0 unspecified atom stereocenters. The maximum absolute atomic E-state index is 2.71. The minimum absolute atomic E-state index is 0.0134. The van der Waals surface area contributed by atoms with Crippen molar-refractivity contribution in [3.63, 3.8) is 0 Å². The number of rotatable bonds is 5. The topological polar surface area (TPSA) is 6.48 Å². The molecule has 0 spiro atoms. The van der Waals surface area contributed by atoms with Crippen molar-refractivity contribution in [3.05, 3.63) is 184 Å². The maximum Gasteiger partial charge on any atom is 0.252 e. The Hall–Kier alpha value is -5.80. The van der Waals surface area contributed by atoms with Crippen molar-refractivity contribution >= 4 is 57.2 Å². The molecule has 0 fully saturated rings. The van der Waals surface area contributed by atoms with Crippen molar-refractivity contribution in [3.8, 4) is 11.1 Å². The molecule has 0 bridgehead atoms. The van der Waals surface area contributed by atoms with Crippen LogP contribution in [0.3, 0.4) is 0 Å². The van der Waals surface area contributed by atoms with Crippen LogP contribution in [0.25, 0.3) is 11.1 Å². The van der Waals surface area contributed by atoms with Gasteiger partial charge in [-0.2, -0.15) is 0 Å². The molecule has 374 valence electrons. The lowest BCUT2D eigenvalue weighted by Crippen LogP contribution is -2.62. The summed E-state index contributed by atoms with van der Waals surface area (Å²) in [5.74, 6) is 0. The highest BCUT2D eigenvalue weighted by atomic mass is 15.2. The SMILES string of the molecule is Cc1cc2c3c(c1)N(c1ccc(C(C)(C)C)cc1-c1ccc(C(C)(C)C)cc1)c1cc(C(C)(C)c4ccccc4)ccc1B3c1cc3c(cc1N2c1ccc2c(c1)C(C)(C)CCC2(C)C)C(C)(C)CCC3(C)C. The van der Waals surface area contributed by atoms with Crippen LogP contribution in [0.15, 0.2) is 133 Å². The summed E-state index contributed by atoms with van der Waals surface area (Å²) >= 11 is 0. The van der Waals surface area contributed by atoms with Gasteiger partial charge in [-0.3, -0.25) is 0 Å². The summed E-state index contributed by atoms with van der Waals surface area (Å²) in [6.07, 6.45) is 4.71. The Morgan fingerprint density at radius 2 is 0.918 bits per heavy atom. The second-order valence-corrected chi connectivity index (χ2v) is 28.1. The quantitative estimate of drug-likeness (QED) is 0.159. The Morgan fingerprint density at radius 3 is 1.52 bits per heavy atom. The highest BCUT2D eigenvalue weighted by Gasteiger charge is 2.48. The zero-order chi connectivity index (χ0) is 52.2. The summed E-state index contributed by atoms with van der Waals surface area (Å²) in [4.78, 5) is 5.40. The van der Waals surface area contributed by atoms with Gasteiger partial charge in [-0.05, 0) is 186 Å². The number of anilines is 6. The van der Waals surface area contributed by atoms with Crippen LogP contribution < -0.4 is 26.2 Å². The van der Waals surface area contributed by atoms with E-state index < -0.39 is 0 Å². The second kappa shape index (κ2) is 16.4. The molecular weight excluding hydrogens is 880 g/mol. The molecule has 0 saturated heterocycles. The lowest BCUT2D eigenvalue weighted by Gasteiger charge is -2.48. The van der Waals surface area contributed by atoms with Gasteiger partial charge in [0.25, 0.3) is 6.71 Å².